The summed E-state index contributed by atoms with van der Waals surface area (Å²) >= 11 is 0. The van der Waals surface area contributed by atoms with Crippen LogP contribution in [-0.2, 0) is 20.7 Å². The summed E-state index contributed by atoms with van der Waals surface area (Å²) in [6.45, 7) is 7.31. The molecule has 6 heteroatoms. The van der Waals surface area contributed by atoms with Crippen LogP contribution in [0.2, 0.25) is 0 Å². The molecule has 2 amide bonds. The lowest BCUT2D eigenvalue weighted by Crippen LogP contribution is -2.54. The Labute approximate surface area is 154 Å². The molecule has 0 spiro atoms. The Kier molecular flexibility index (Phi) is 5.51. The van der Waals surface area contributed by atoms with Gasteiger partial charge in [-0.05, 0) is 57.6 Å². The zero-order valence-electron chi connectivity index (χ0n) is 15.8. The number of ether oxygens (including phenoxy) is 2. The molecule has 0 aliphatic carbocycles. The maximum absolute atomic E-state index is 13.3. The van der Waals surface area contributed by atoms with E-state index in [1.807, 2.05) is 45.0 Å². The third-order valence-electron chi connectivity index (χ3n) is 4.83. The van der Waals surface area contributed by atoms with Gasteiger partial charge < -0.3 is 19.7 Å². The molecule has 6 nitrogen and oxygen atoms in total. The number of alkyl carbamates (subject to hydrolysis) is 1. The summed E-state index contributed by atoms with van der Waals surface area (Å²) in [6, 6.07) is 7.35. The minimum atomic E-state index is -0.604. The highest BCUT2D eigenvalue weighted by atomic mass is 16.6. The summed E-state index contributed by atoms with van der Waals surface area (Å²) in [7, 11) is 0. The third kappa shape index (κ3) is 4.36. The molecule has 1 aromatic rings. The summed E-state index contributed by atoms with van der Waals surface area (Å²) < 4.78 is 10.8. The van der Waals surface area contributed by atoms with Gasteiger partial charge in [0.1, 0.15) is 11.6 Å². The van der Waals surface area contributed by atoms with Gasteiger partial charge in [-0.3, -0.25) is 4.79 Å². The second kappa shape index (κ2) is 7.66. The number of anilines is 1. The molecular formula is C20H28N2O4. The summed E-state index contributed by atoms with van der Waals surface area (Å²) in [4.78, 5) is 27.5. The second-order valence-corrected chi connectivity index (χ2v) is 7.94. The van der Waals surface area contributed by atoms with Crippen LogP contribution in [0.15, 0.2) is 24.3 Å². The van der Waals surface area contributed by atoms with Crippen molar-refractivity contribution in [3.63, 3.8) is 0 Å². The lowest BCUT2D eigenvalue weighted by molar-refractivity contribution is -0.122. The number of carbonyl (C=O) groups excluding carboxylic acids is 2. The average molecular weight is 360 g/mol. The van der Waals surface area contributed by atoms with Gasteiger partial charge in [0.15, 0.2) is 0 Å². The maximum Gasteiger partial charge on any atom is 0.408 e. The highest BCUT2D eigenvalue weighted by molar-refractivity contribution is 6.00. The van der Waals surface area contributed by atoms with Crippen LogP contribution in [0, 0.1) is 5.92 Å². The highest BCUT2D eigenvalue weighted by Gasteiger charge is 2.37. The first-order chi connectivity index (χ1) is 12.3. The molecule has 3 rings (SSSR count). The van der Waals surface area contributed by atoms with E-state index in [9.17, 15) is 9.59 Å². The molecule has 0 saturated carbocycles. The van der Waals surface area contributed by atoms with Crippen molar-refractivity contribution in [1.29, 1.82) is 0 Å². The first kappa shape index (κ1) is 18.7. The molecule has 142 valence electrons. The standard InChI is InChI=1S/C20H28N2O4/c1-20(2,3)26-19(24)21-17(15-9-12-25-13-10-15)18(23)22-11-8-14-6-4-5-7-16(14)22/h4-7,15,17H,8-13H2,1-3H3,(H,21,24). The molecule has 2 aliphatic heterocycles. The Morgan fingerprint density at radius 1 is 1.23 bits per heavy atom. The number of nitrogens with zero attached hydrogens (tertiary/aromatic N) is 1. The van der Waals surface area contributed by atoms with E-state index >= 15 is 0 Å². The van der Waals surface area contributed by atoms with Crippen LogP contribution in [0.5, 0.6) is 0 Å². The number of benzene rings is 1. The number of amides is 2. The van der Waals surface area contributed by atoms with Crippen LogP contribution in [0.4, 0.5) is 10.5 Å². The molecule has 1 unspecified atom stereocenters. The minimum absolute atomic E-state index is 0.0523. The molecule has 1 fully saturated rings. The molecule has 1 saturated heterocycles. The Hall–Kier alpha value is -2.08. The molecule has 2 aliphatic rings. The highest BCUT2D eigenvalue weighted by Crippen LogP contribution is 2.30. The van der Waals surface area contributed by atoms with E-state index in [0.29, 0.717) is 19.8 Å². The van der Waals surface area contributed by atoms with Crippen LogP contribution in [0.1, 0.15) is 39.2 Å². The van der Waals surface area contributed by atoms with Gasteiger partial charge in [-0.15, -0.1) is 0 Å². The maximum atomic E-state index is 13.3. The molecule has 0 bridgehead atoms. The number of fused-ring (bicyclic) bond motifs is 1. The number of nitrogens with one attached hydrogen (secondary N) is 1. The second-order valence-electron chi connectivity index (χ2n) is 7.94. The Morgan fingerprint density at radius 2 is 1.92 bits per heavy atom. The number of hydrogen-bond acceptors (Lipinski definition) is 4. The van der Waals surface area contributed by atoms with E-state index in [-0.39, 0.29) is 11.8 Å². The smallest absolute Gasteiger partial charge is 0.408 e. The van der Waals surface area contributed by atoms with Crippen molar-refractivity contribution in [2.45, 2.75) is 51.7 Å². The van der Waals surface area contributed by atoms with Crippen molar-refractivity contribution in [2.75, 3.05) is 24.7 Å². The fraction of sp³-hybridized carbons (Fsp3) is 0.600. The van der Waals surface area contributed by atoms with E-state index in [1.165, 1.54) is 5.56 Å². The predicted molar refractivity (Wildman–Crippen MR) is 99.2 cm³/mol. The molecule has 1 atom stereocenters. The van der Waals surface area contributed by atoms with E-state index in [4.69, 9.17) is 9.47 Å². The predicted octanol–water partition coefficient (Wildman–Crippen LogP) is 2.90. The van der Waals surface area contributed by atoms with E-state index in [2.05, 4.69) is 5.32 Å². The summed E-state index contributed by atoms with van der Waals surface area (Å²) in [5.74, 6) is -0.00996. The van der Waals surface area contributed by atoms with Crippen molar-refractivity contribution >= 4 is 17.7 Å². The Bertz CT molecular complexity index is 662. The fourth-order valence-corrected chi connectivity index (χ4v) is 3.60. The van der Waals surface area contributed by atoms with Crippen molar-refractivity contribution in [3.8, 4) is 0 Å². The lowest BCUT2D eigenvalue weighted by Gasteiger charge is -2.33. The quantitative estimate of drug-likeness (QED) is 0.900. The zero-order valence-corrected chi connectivity index (χ0v) is 15.8. The van der Waals surface area contributed by atoms with E-state index in [0.717, 1.165) is 24.9 Å². The Morgan fingerprint density at radius 3 is 2.62 bits per heavy atom. The van der Waals surface area contributed by atoms with Crippen molar-refractivity contribution < 1.29 is 19.1 Å². The number of para-hydroxylation sites is 1. The number of carbonyl (C=O) groups is 2. The van der Waals surface area contributed by atoms with Gasteiger partial charge >= 0.3 is 6.09 Å². The fourth-order valence-electron chi connectivity index (χ4n) is 3.60. The Balaban J connectivity index is 1.78. The topological polar surface area (TPSA) is 67.9 Å². The molecule has 0 radical (unpaired) electrons. The molecular weight excluding hydrogens is 332 g/mol. The minimum Gasteiger partial charge on any atom is -0.444 e. The summed E-state index contributed by atoms with van der Waals surface area (Å²) in [6.07, 6.45) is 1.80. The SMILES string of the molecule is CC(C)(C)OC(=O)NC(C(=O)N1CCc2ccccc21)C1CCOCC1. The van der Waals surface area contributed by atoms with Crippen LogP contribution in [-0.4, -0.2) is 43.4 Å². The number of hydrogen-bond donors (Lipinski definition) is 1. The van der Waals surface area contributed by atoms with Gasteiger partial charge in [-0.25, -0.2) is 4.79 Å². The van der Waals surface area contributed by atoms with Crippen molar-refractivity contribution in [2.24, 2.45) is 5.92 Å². The average Bonchev–Trinajstić information content (AvgIpc) is 3.02. The van der Waals surface area contributed by atoms with Gasteiger partial charge in [-0.1, -0.05) is 18.2 Å². The first-order valence-corrected chi connectivity index (χ1v) is 9.32. The molecule has 26 heavy (non-hydrogen) atoms. The van der Waals surface area contributed by atoms with E-state index < -0.39 is 17.7 Å². The summed E-state index contributed by atoms with van der Waals surface area (Å²) in [5, 5.41) is 2.84. The monoisotopic (exact) mass is 360 g/mol. The largest absolute Gasteiger partial charge is 0.444 e. The van der Waals surface area contributed by atoms with Crippen molar-refractivity contribution in [3.05, 3.63) is 29.8 Å². The summed E-state index contributed by atoms with van der Waals surface area (Å²) in [5.41, 5.74) is 1.51. The van der Waals surface area contributed by atoms with Crippen LogP contribution in [0.25, 0.3) is 0 Å². The van der Waals surface area contributed by atoms with Gasteiger partial charge in [0.25, 0.3) is 0 Å². The molecule has 2 heterocycles. The zero-order chi connectivity index (χ0) is 18.7. The van der Waals surface area contributed by atoms with Gasteiger partial charge in [0.05, 0.1) is 0 Å². The lowest BCUT2D eigenvalue weighted by atomic mass is 9.90. The third-order valence-corrected chi connectivity index (χ3v) is 4.83. The van der Waals surface area contributed by atoms with Crippen LogP contribution < -0.4 is 10.2 Å². The normalized spacial score (nSPS) is 19.0. The number of rotatable bonds is 3. The van der Waals surface area contributed by atoms with Crippen LogP contribution >= 0.6 is 0 Å². The molecule has 0 aromatic heterocycles. The van der Waals surface area contributed by atoms with Gasteiger partial charge in [-0.2, -0.15) is 0 Å². The molecule has 1 N–H and O–H groups in total. The van der Waals surface area contributed by atoms with Gasteiger partial charge in [0, 0.05) is 25.4 Å². The van der Waals surface area contributed by atoms with E-state index in [1.54, 1.807) is 4.90 Å². The van der Waals surface area contributed by atoms with Crippen LogP contribution in [0.3, 0.4) is 0 Å². The molecule has 1 aromatic carbocycles. The van der Waals surface area contributed by atoms with Crippen molar-refractivity contribution in [1.82, 2.24) is 5.32 Å². The first-order valence-electron chi connectivity index (χ1n) is 9.32. The van der Waals surface area contributed by atoms with Gasteiger partial charge in [0.2, 0.25) is 5.91 Å².